The molecule has 114 valence electrons. The summed E-state index contributed by atoms with van der Waals surface area (Å²) in [5.41, 5.74) is 2.65. The van der Waals surface area contributed by atoms with E-state index in [1.165, 1.54) is 23.0 Å². The molecule has 0 unspecified atom stereocenters. The molecule has 4 heteroatoms. The fourth-order valence-corrected chi connectivity index (χ4v) is 3.32. The van der Waals surface area contributed by atoms with Crippen LogP contribution in [0.5, 0.6) is 0 Å². The van der Waals surface area contributed by atoms with Gasteiger partial charge in [0, 0.05) is 30.6 Å². The smallest absolute Gasteiger partial charge is 0.0843 e. The Morgan fingerprint density at radius 2 is 2.10 bits per heavy atom. The molecule has 1 saturated heterocycles. The van der Waals surface area contributed by atoms with Crippen LogP contribution in [-0.2, 0) is 13.1 Å². The minimum atomic E-state index is 0.180. The van der Waals surface area contributed by atoms with Crippen LogP contribution in [0.3, 0.4) is 0 Å². The van der Waals surface area contributed by atoms with Gasteiger partial charge in [0.1, 0.15) is 0 Å². The summed E-state index contributed by atoms with van der Waals surface area (Å²) >= 11 is 0. The number of rotatable bonds is 3. The molecule has 1 aromatic carbocycles. The molecular formula is C17H26N4. The van der Waals surface area contributed by atoms with Gasteiger partial charge in [0.15, 0.2) is 0 Å². The molecule has 2 heterocycles. The van der Waals surface area contributed by atoms with Gasteiger partial charge in [-0.2, -0.15) is 5.10 Å². The number of nitrogens with zero attached hydrogens (tertiary/aromatic N) is 3. The second-order valence-corrected chi connectivity index (χ2v) is 6.65. The highest BCUT2D eigenvalue weighted by Gasteiger charge is 2.25. The fraction of sp³-hybridized carbons (Fsp3) is 0.588. The summed E-state index contributed by atoms with van der Waals surface area (Å²) in [5, 5.41) is 9.76. The Bertz CT molecular complexity index is 614. The summed E-state index contributed by atoms with van der Waals surface area (Å²) in [6.07, 6.45) is 1.20. The Morgan fingerprint density at radius 3 is 2.90 bits per heavy atom. The molecule has 1 aromatic heterocycles. The Balaban J connectivity index is 1.87. The Morgan fingerprint density at radius 1 is 1.29 bits per heavy atom. The van der Waals surface area contributed by atoms with Crippen LogP contribution < -0.4 is 5.32 Å². The van der Waals surface area contributed by atoms with Crippen molar-refractivity contribution in [3.8, 4) is 0 Å². The molecule has 21 heavy (non-hydrogen) atoms. The molecule has 0 radical (unpaired) electrons. The maximum Gasteiger partial charge on any atom is 0.0843 e. The molecule has 0 atom stereocenters. The van der Waals surface area contributed by atoms with Gasteiger partial charge in [-0.15, -0.1) is 0 Å². The minimum absolute atomic E-state index is 0.180. The van der Waals surface area contributed by atoms with E-state index in [-0.39, 0.29) is 5.54 Å². The van der Waals surface area contributed by atoms with Crippen molar-refractivity contribution in [3.63, 3.8) is 0 Å². The maximum absolute atomic E-state index is 4.83. The molecule has 0 saturated carbocycles. The number of para-hydroxylation sites is 1. The van der Waals surface area contributed by atoms with Crippen LogP contribution in [0.2, 0.25) is 0 Å². The lowest BCUT2D eigenvalue weighted by atomic mass is 10.1. The van der Waals surface area contributed by atoms with Crippen LogP contribution in [0.25, 0.3) is 10.9 Å². The minimum Gasteiger partial charge on any atom is -0.310 e. The summed E-state index contributed by atoms with van der Waals surface area (Å²) in [4.78, 5) is 2.54. The number of benzene rings is 1. The van der Waals surface area contributed by atoms with E-state index in [4.69, 9.17) is 5.10 Å². The largest absolute Gasteiger partial charge is 0.310 e. The molecule has 1 aliphatic rings. The molecule has 2 aromatic rings. The number of nitrogens with one attached hydrogen (secondary N) is 1. The Hall–Kier alpha value is -1.39. The molecule has 1 aliphatic heterocycles. The van der Waals surface area contributed by atoms with Crippen molar-refractivity contribution in [3.05, 3.63) is 30.0 Å². The topological polar surface area (TPSA) is 33.1 Å². The van der Waals surface area contributed by atoms with Gasteiger partial charge in [0.05, 0.1) is 11.2 Å². The van der Waals surface area contributed by atoms with Crippen LogP contribution in [-0.4, -0.2) is 39.9 Å². The predicted molar refractivity (Wildman–Crippen MR) is 87.4 cm³/mol. The lowest BCUT2D eigenvalue weighted by Gasteiger charge is -2.29. The predicted octanol–water partition coefficient (Wildman–Crippen LogP) is 2.63. The first-order valence-electron chi connectivity index (χ1n) is 8.01. The van der Waals surface area contributed by atoms with Crippen molar-refractivity contribution < 1.29 is 0 Å². The van der Waals surface area contributed by atoms with E-state index < -0.39 is 0 Å². The molecule has 0 aliphatic carbocycles. The van der Waals surface area contributed by atoms with Gasteiger partial charge in [-0.25, -0.2) is 0 Å². The highest BCUT2D eigenvalue weighted by Crippen LogP contribution is 2.21. The number of aromatic nitrogens is 2. The molecule has 0 spiro atoms. The van der Waals surface area contributed by atoms with Crippen LogP contribution in [0.15, 0.2) is 24.3 Å². The monoisotopic (exact) mass is 286 g/mol. The first-order valence-corrected chi connectivity index (χ1v) is 8.01. The van der Waals surface area contributed by atoms with Crippen molar-refractivity contribution >= 4 is 10.9 Å². The second kappa shape index (κ2) is 5.78. The lowest BCUT2D eigenvalue weighted by Crippen LogP contribution is -2.46. The van der Waals surface area contributed by atoms with Crippen molar-refractivity contribution in [2.75, 3.05) is 19.6 Å². The molecule has 3 rings (SSSR count). The summed E-state index contributed by atoms with van der Waals surface area (Å²) in [7, 11) is 0. The maximum atomic E-state index is 4.83. The quantitative estimate of drug-likeness (QED) is 0.941. The molecule has 1 fully saturated rings. The third-order valence-electron chi connectivity index (χ3n) is 4.28. The van der Waals surface area contributed by atoms with E-state index in [0.717, 1.165) is 32.7 Å². The summed E-state index contributed by atoms with van der Waals surface area (Å²) in [6, 6.07) is 8.58. The molecule has 4 nitrogen and oxygen atoms in total. The third-order valence-corrected chi connectivity index (χ3v) is 4.28. The third kappa shape index (κ3) is 3.11. The van der Waals surface area contributed by atoms with Crippen LogP contribution >= 0.6 is 0 Å². The summed E-state index contributed by atoms with van der Waals surface area (Å²) < 4.78 is 2.12. The van der Waals surface area contributed by atoms with Crippen molar-refractivity contribution in [2.24, 2.45) is 0 Å². The first kappa shape index (κ1) is 14.5. The zero-order chi connectivity index (χ0) is 14.9. The van der Waals surface area contributed by atoms with Gasteiger partial charge >= 0.3 is 0 Å². The van der Waals surface area contributed by atoms with Gasteiger partial charge in [0.25, 0.3) is 0 Å². The average molecular weight is 286 g/mol. The van der Waals surface area contributed by atoms with Gasteiger partial charge in [-0.05, 0) is 46.3 Å². The highest BCUT2D eigenvalue weighted by molar-refractivity contribution is 5.81. The standard InChI is InChI=1S/C17H26N4/c1-4-21-16-9-6-5-8-14(16)15(19-21)12-20-11-7-10-18-17(2,3)13-20/h5-6,8-9,18H,4,7,10-13H2,1-3H3. The molecular weight excluding hydrogens is 260 g/mol. The number of fused-ring (bicyclic) bond motifs is 1. The van der Waals surface area contributed by atoms with E-state index in [2.05, 4.69) is 59.9 Å². The van der Waals surface area contributed by atoms with E-state index in [0.29, 0.717) is 0 Å². The van der Waals surface area contributed by atoms with Gasteiger partial charge in [-0.3, -0.25) is 9.58 Å². The Kier molecular flexibility index (Phi) is 4.00. The second-order valence-electron chi connectivity index (χ2n) is 6.65. The Labute approximate surface area is 127 Å². The lowest BCUT2D eigenvalue weighted by molar-refractivity contribution is 0.222. The van der Waals surface area contributed by atoms with E-state index in [1.54, 1.807) is 0 Å². The highest BCUT2D eigenvalue weighted by atomic mass is 15.3. The number of hydrogen-bond donors (Lipinski definition) is 1. The van der Waals surface area contributed by atoms with E-state index in [1.807, 2.05) is 0 Å². The molecule has 0 amide bonds. The van der Waals surface area contributed by atoms with Crippen molar-refractivity contribution in [1.29, 1.82) is 0 Å². The fourth-order valence-electron chi connectivity index (χ4n) is 3.32. The van der Waals surface area contributed by atoms with E-state index >= 15 is 0 Å². The van der Waals surface area contributed by atoms with E-state index in [9.17, 15) is 0 Å². The van der Waals surface area contributed by atoms with Crippen LogP contribution in [0.4, 0.5) is 0 Å². The van der Waals surface area contributed by atoms with Crippen LogP contribution in [0.1, 0.15) is 32.9 Å². The SMILES string of the molecule is CCn1nc(CN2CCCNC(C)(C)C2)c2ccccc21. The first-order chi connectivity index (χ1) is 10.1. The molecule has 0 bridgehead atoms. The summed E-state index contributed by atoms with van der Waals surface area (Å²) in [5.74, 6) is 0. The zero-order valence-electron chi connectivity index (χ0n) is 13.4. The average Bonchev–Trinajstić information content (AvgIpc) is 2.71. The van der Waals surface area contributed by atoms with Gasteiger partial charge < -0.3 is 5.32 Å². The number of aryl methyl sites for hydroxylation is 1. The van der Waals surface area contributed by atoms with Crippen LogP contribution in [0, 0.1) is 0 Å². The molecule has 1 N–H and O–H groups in total. The normalized spacial score (nSPS) is 19.8. The number of hydrogen-bond acceptors (Lipinski definition) is 3. The van der Waals surface area contributed by atoms with Crippen molar-refractivity contribution in [2.45, 2.75) is 45.8 Å². The zero-order valence-corrected chi connectivity index (χ0v) is 13.4. The van der Waals surface area contributed by atoms with Gasteiger partial charge in [0.2, 0.25) is 0 Å². The van der Waals surface area contributed by atoms with Gasteiger partial charge in [-0.1, -0.05) is 18.2 Å². The summed E-state index contributed by atoms with van der Waals surface area (Å²) in [6.45, 7) is 11.9. The van der Waals surface area contributed by atoms with Crippen molar-refractivity contribution in [1.82, 2.24) is 20.0 Å².